The summed E-state index contributed by atoms with van der Waals surface area (Å²) in [6.07, 6.45) is -0.764. The molecule has 23 heavy (non-hydrogen) atoms. The Kier molecular flexibility index (Phi) is 4.66. The minimum atomic E-state index is -2.47. The molecule has 2 aromatic carbocycles. The van der Waals surface area contributed by atoms with E-state index in [-0.39, 0.29) is 12.5 Å². The van der Waals surface area contributed by atoms with Crippen molar-refractivity contribution in [3.63, 3.8) is 0 Å². The van der Waals surface area contributed by atoms with E-state index in [1.54, 1.807) is 30.3 Å². The molecule has 120 valence electrons. The van der Waals surface area contributed by atoms with E-state index in [0.717, 1.165) is 0 Å². The number of rotatable bonds is 4. The summed E-state index contributed by atoms with van der Waals surface area (Å²) in [5, 5.41) is 2.68. The highest BCUT2D eigenvalue weighted by Crippen LogP contribution is 2.31. The molecule has 4 nitrogen and oxygen atoms in total. The summed E-state index contributed by atoms with van der Waals surface area (Å²) < 4.78 is 35.6. The Morgan fingerprint density at radius 2 is 1.83 bits per heavy atom. The van der Waals surface area contributed by atoms with Crippen LogP contribution in [0.4, 0.5) is 14.5 Å². The maximum atomic E-state index is 12.3. The molecule has 0 bridgehead atoms. The van der Waals surface area contributed by atoms with Crippen molar-refractivity contribution in [1.29, 1.82) is 0 Å². The number of anilines is 1. The number of hydrogen-bond donors (Lipinski definition) is 1. The topological polar surface area (TPSA) is 47.6 Å². The van der Waals surface area contributed by atoms with Crippen LogP contribution in [0.1, 0.15) is 0 Å². The van der Waals surface area contributed by atoms with Crippen molar-refractivity contribution in [3.8, 4) is 11.5 Å². The zero-order chi connectivity index (χ0) is 16.2. The molecule has 1 amide bonds. The Morgan fingerprint density at radius 3 is 2.52 bits per heavy atom. The Hall–Kier alpha value is -2.28. The first kappa shape index (κ1) is 15.6. The van der Waals surface area contributed by atoms with Crippen LogP contribution in [-0.2, 0) is 4.79 Å². The first-order chi connectivity index (χ1) is 11.1. The van der Waals surface area contributed by atoms with Crippen molar-refractivity contribution in [2.45, 2.75) is 16.8 Å². The third kappa shape index (κ3) is 3.92. The number of carbonyl (C=O) groups is 1. The molecular formula is C16H13F2NO3S. The number of amides is 1. The van der Waals surface area contributed by atoms with Crippen molar-refractivity contribution in [1.82, 2.24) is 0 Å². The maximum Gasteiger partial charge on any atom is 0.288 e. The monoisotopic (exact) mass is 337 g/mol. The number of benzene rings is 2. The Morgan fingerprint density at radius 1 is 1.13 bits per heavy atom. The number of carbonyl (C=O) groups excluding carboxylic acids is 1. The van der Waals surface area contributed by atoms with Crippen LogP contribution in [0.2, 0.25) is 0 Å². The van der Waals surface area contributed by atoms with Crippen LogP contribution >= 0.6 is 11.8 Å². The van der Waals surface area contributed by atoms with Crippen LogP contribution in [0.3, 0.4) is 0 Å². The number of ether oxygens (including phenoxy) is 2. The van der Waals surface area contributed by atoms with E-state index in [9.17, 15) is 13.6 Å². The van der Waals surface area contributed by atoms with Crippen LogP contribution in [0.5, 0.6) is 11.5 Å². The molecule has 7 heteroatoms. The fourth-order valence-electron chi connectivity index (χ4n) is 2.09. The number of thioether (sulfide) groups is 1. The second-order valence-electron chi connectivity index (χ2n) is 4.76. The molecule has 2 aromatic rings. The van der Waals surface area contributed by atoms with Crippen molar-refractivity contribution < 1.29 is 23.0 Å². The summed E-state index contributed by atoms with van der Waals surface area (Å²) >= 11 is 0.456. The van der Waals surface area contributed by atoms with E-state index < -0.39 is 11.9 Å². The predicted molar refractivity (Wildman–Crippen MR) is 83.3 cm³/mol. The number of halogens is 2. The lowest BCUT2D eigenvalue weighted by molar-refractivity contribution is -0.125. The molecule has 0 fully saturated rings. The number of fused-ring (bicyclic) bond motifs is 1. The predicted octanol–water partition coefficient (Wildman–Crippen LogP) is 3.78. The first-order valence-corrected chi connectivity index (χ1v) is 7.74. The molecule has 0 saturated carbocycles. The van der Waals surface area contributed by atoms with Gasteiger partial charge in [0, 0.05) is 10.6 Å². The molecule has 1 aliphatic heterocycles. The minimum Gasteiger partial charge on any atom is -0.485 e. The minimum absolute atomic E-state index is 0.113. The zero-order valence-corrected chi connectivity index (χ0v) is 12.7. The SMILES string of the molecule is O=C(Nc1ccc(SC(F)F)cc1)C1COc2ccccc2O1. The van der Waals surface area contributed by atoms with Crippen molar-refractivity contribution in [3.05, 3.63) is 48.5 Å². The van der Waals surface area contributed by atoms with Gasteiger partial charge in [-0.25, -0.2) is 0 Å². The quantitative estimate of drug-likeness (QED) is 0.863. The van der Waals surface area contributed by atoms with E-state index in [1.807, 2.05) is 6.07 Å². The largest absolute Gasteiger partial charge is 0.485 e. The smallest absolute Gasteiger partial charge is 0.288 e. The summed E-state index contributed by atoms with van der Waals surface area (Å²) in [6, 6.07) is 13.3. The molecule has 1 heterocycles. The fraction of sp³-hybridized carbons (Fsp3) is 0.188. The van der Waals surface area contributed by atoms with Gasteiger partial charge in [0.1, 0.15) is 6.61 Å². The lowest BCUT2D eigenvalue weighted by atomic mass is 10.2. The number of alkyl halides is 2. The molecule has 0 saturated heterocycles. The van der Waals surface area contributed by atoms with E-state index in [1.165, 1.54) is 12.1 Å². The van der Waals surface area contributed by atoms with Gasteiger partial charge in [0.15, 0.2) is 11.5 Å². The average molecular weight is 337 g/mol. The van der Waals surface area contributed by atoms with Gasteiger partial charge in [-0.1, -0.05) is 23.9 Å². The standard InChI is InChI=1S/C16H13F2NO3S/c17-16(18)23-11-7-5-10(6-8-11)19-15(20)14-9-21-12-3-1-2-4-13(12)22-14/h1-8,14,16H,9H2,(H,19,20). The van der Waals surface area contributed by atoms with Gasteiger partial charge in [0.2, 0.25) is 6.10 Å². The second-order valence-corrected chi connectivity index (χ2v) is 5.82. The average Bonchev–Trinajstić information content (AvgIpc) is 2.55. The Labute approximate surface area is 135 Å². The van der Waals surface area contributed by atoms with Crippen LogP contribution in [-0.4, -0.2) is 24.4 Å². The summed E-state index contributed by atoms with van der Waals surface area (Å²) in [5.74, 6) is -1.70. The summed E-state index contributed by atoms with van der Waals surface area (Å²) in [5.41, 5.74) is 0.510. The lowest BCUT2D eigenvalue weighted by Crippen LogP contribution is -2.40. The van der Waals surface area contributed by atoms with Gasteiger partial charge in [0.05, 0.1) is 0 Å². The molecule has 1 atom stereocenters. The highest BCUT2D eigenvalue weighted by atomic mass is 32.2. The molecule has 0 aliphatic carbocycles. The van der Waals surface area contributed by atoms with Crippen molar-refractivity contribution >= 4 is 23.4 Å². The molecule has 0 spiro atoms. The highest BCUT2D eigenvalue weighted by Gasteiger charge is 2.27. The van der Waals surface area contributed by atoms with Crippen LogP contribution in [0.15, 0.2) is 53.4 Å². The molecule has 1 unspecified atom stereocenters. The normalized spacial score (nSPS) is 16.2. The summed E-state index contributed by atoms with van der Waals surface area (Å²) in [6.45, 7) is 0.113. The molecule has 0 aromatic heterocycles. The summed E-state index contributed by atoms with van der Waals surface area (Å²) in [4.78, 5) is 12.6. The lowest BCUT2D eigenvalue weighted by Gasteiger charge is -2.25. The third-order valence-electron chi connectivity index (χ3n) is 3.15. The number of hydrogen-bond acceptors (Lipinski definition) is 4. The molecule has 0 radical (unpaired) electrons. The van der Waals surface area contributed by atoms with E-state index in [2.05, 4.69) is 5.32 Å². The van der Waals surface area contributed by atoms with Gasteiger partial charge in [-0.2, -0.15) is 8.78 Å². The second kappa shape index (κ2) is 6.87. The molecule has 3 rings (SSSR count). The van der Waals surface area contributed by atoms with E-state index in [4.69, 9.17) is 9.47 Å². The highest BCUT2D eigenvalue weighted by molar-refractivity contribution is 7.99. The van der Waals surface area contributed by atoms with Gasteiger partial charge in [-0.3, -0.25) is 4.79 Å². The zero-order valence-electron chi connectivity index (χ0n) is 11.9. The van der Waals surface area contributed by atoms with Gasteiger partial charge in [-0.05, 0) is 36.4 Å². The van der Waals surface area contributed by atoms with Crippen molar-refractivity contribution in [2.75, 3.05) is 11.9 Å². The first-order valence-electron chi connectivity index (χ1n) is 6.86. The van der Waals surface area contributed by atoms with Gasteiger partial charge >= 0.3 is 0 Å². The number of nitrogens with one attached hydrogen (secondary N) is 1. The van der Waals surface area contributed by atoms with Crippen LogP contribution in [0.25, 0.3) is 0 Å². The van der Waals surface area contributed by atoms with Crippen LogP contribution in [0, 0.1) is 0 Å². The maximum absolute atomic E-state index is 12.3. The summed E-state index contributed by atoms with van der Waals surface area (Å²) in [7, 11) is 0. The van der Waals surface area contributed by atoms with Crippen molar-refractivity contribution in [2.24, 2.45) is 0 Å². The fourth-order valence-corrected chi connectivity index (χ4v) is 2.59. The molecule has 1 aliphatic rings. The third-order valence-corrected chi connectivity index (χ3v) is 3.87. The molecule has 1 N–H and O–H groups in total. The van der Waals surface area contributed by atoms with E-state index >= 15 is 0 Å². The van der Waals surface area contributed by atoms with E-state index in [0.29, 0.717) is 33.8 Å². The Balaban J connectivity index is 1.61. The van der Waals surface area contributed by atoms with Gasteiger partial charge in [-0.15, -0.1) is 0 Å². The molecular weight excluding hydrogens is 324 g/mol. The Bertz CT molecular complexity index is 694. The number of para-hydroxylation sites is 2. The van der Waals surface area contributed by atoms with Gasteiger partial charge < -0.3 is 14.8 Å². The van der Waals surface area contributed by atoms with Crippen LogP contribution < -0.4 is 14.8 Å². The van der Waals surface area contributed by atoms with Gasteiger partial charge in [0.25, 0.3) is 11.7 Å².